The predicted molar refractivity (Wildman–Crippen MR) is 69.7 cm³/mol. The van der Waals surface area contributed by atoms with Gasteiger partial charge in [0.1, 0.15) is 5.82 Å². The van der Waals surface area contributed by atoms with E-state index in [4.69, 9.17) is 0 Å². The third-order valence-corrected chi connectivity index (χ3v) is 2.83. The fourth-order valence-corrected chi connectivity index (χ4v) is 1.81. The molecule has 0 fully saturated rings. The Hall–Kier alpha value is -1.43. The summed E-state index contributed by atoms with van der Waals surface area (Å²) in [6.07, 6.45) is 0.818. The van der Waals surface area contributed by atoms with Crippen LogP contribution in [0.1, 0.15) is 23.7 Å². The average molecular weight is 317 g/mol. The number of hydrogen-bond acceptors (Lipinski definition) is 2. The van der Waals surface area contributed by atoms with Gasteiger partial charge >= 0.3 is 0 Å². The fraction of sp³-hybridized carbons (Fsp3) is 0.333. The molecule has 0 bridgehead atoms. The van der Waals surface area contributed by atoms with Crippen molar-refractivity contribution in [3.8, 4) is 0 Å². The number of amides is 2. The molecule has 0 heterocycles. The highest BCUT2D eigenvalue weighted by atomic mass is 79.9. The molecule has 4 nitrogen and oxygen atoms in total. The molecule has 18 heavy (non-hydrogen) atoms. The molecule has 2 N–H and O–H groups in total. The van der Waals surface area contributed by atoms with Crippen molar-refractivity contribution in [1.29, 1.82) is 0 Å². The minimum atomic E-state index is -0.629. The summed E-state index contributed by atoms with van der Waals surface area (Å²) < 4.78 is 13.8. The van der Waals surface area contributed by atoms with Crippen molar-refractivity contribution in [2.24, 2.45) is 0 Å². The van der Waals surface area contributed by atoms with Crippen molar-refractivity contribution in [3.05, 3.63) is 34.1 Å². The quantitative estimate of drug-likeness (QED) is 0.871. The van der Waals surface area contributed by atoms with Crippen LogP contribution in [0, 0.1) is 5.82 Å². The summed E-state index contributed by atoms with van der Waals surface area (Å²) in [4.78, 5) is 23.0. The fourth-order valence-electron chi connectivity index (χ4n) is 1.29. The van der Waals surface area contributed by atoms with E-state index in [1.807, 2.05) is 6.92 Å². The van der Waals surface area contributed by atoms with Gasteiger partial charge < -0.3 is 10.6 Å². The highest BCUT2D eigenvalue weighted by molar-refractivity contribution is 9.10. The smallest absolute Gasteiger partial charge is 0.255 e. The van der Waals surface area contributed by atoms with Gasteiger partial charge in [-0.15, -0.1) is 0 Å². The van der Waals surface area contributed by atoms with Gasteiger partial charge in [0.05, 0.1) is 12.1 Å². The van der Waals surface area contributed by atoms with Crippen LogP contribution >= 0.6 is 15.9 Å². The molecular weight excluding hydrogens is 303 g/mol. The van der Waals surface area contributed by atoms with E-state index in [1.165, 1.54) is 12.1 Å². The third-order valence-electron chi connectivity index (χ3n) is 2.17. The first-order valence-corrected chi connectivity index (χ1v) is 6.34. The zero-order chi connectivity index (χ0) is 13.5. The number of halogens is 2. The van der Waals surface area contributed by atoms with Gasteiger partial charge in [0.2, 0.25) is 5.91 Å². The number of benzene rings is 1. The van der Waals surface area contributed by atoms with E-state index in [0.717, 1.165) is 6.42 Å². The Morgan fingerprint density at radius 2 is 2.06 bits per heavy atom. The largest absolute Gasteiger partial charge is 0.355 e. The third kappa shape index (κ3) is 4.10. The summed E-state index contributed by atoms with van der Waals surface area (Å²) in [5, 5.41) is 4.98. The monoisotopic (exact) mass is 316 g/mol. The van der Waals surface area contributed by atoms with E-state index in [2.05, 4.69) is 26.6 Å². The standard InChI is InChI=1S/C12H14BrFN2O2/c1-2-6-15-10(17)7-16-12(18)11-8(13)4-3-5-9(11)14/h3-5H,2,6-7H2,1H3,(H,15,17)(H,16,18). The summed E-state index contributed by atoms with van der Waals surface area (Å²) in [7, 11) is 0. The molecule has 1 aromatic rings. The molecule has 0 saturated carbocycles. The normalized spacial score (nSPS) is 9.94. The molecule has 0 aliphatic rings. The van der Waals surface area contributed by atoms with Gasteiger partial charge in [0, 0.05) is 11.0 Å². The Bertz CT molecular complexity index is 431. The zero-order valence-corrected chi connectivity index (χ0v) is 11.5. The molecule has 1 aromatic carbocycles. The van der Waals surface area contributed by atoms with E-state index in [0.29, 0.717) is 11.0 Å². The number of nitrogens with one attached hydrogen (secondary N) is 2. The van der Waals surface area contributed by atoms with Crippen LogP contribution < -0.4 is 10.6 Å². The van der Waals surface area contributed by atoms with Crippen LogP contribution in [0.2, 0.25) is 0 Å². The summed E-state index contributed by atoms with van der Waals surface area (Å²) in [6.45, 7) is 2.31. The molecule has 2 amide bonds. The average Bonchev–Trinajstić information content (AvgIpc) is 2.33. The maximum Gasteiger partial charge on any atom is 0.255 e. The predicted octanol–water partition coefficient (Wildman–Crippen LogP) is 1.84. The summed E-state index contributed by atoms with van der Waals surface area (Å²) in [5.74, 6) is -1.54. The van der Waals surface area contributed by atoms with Gasteiger partial charge in [-0.25, -0.2) is 4.39 Å². The van der Waals surface area contributed by atoms with Crippen LogP contribution in [-0.4, -0.2) is 24.9 Å². The van der Waals surface area contributed by atoms with Crippen LogP contribution in [-0.2, 0) is 4.79 Å². The first-order valence-electron chi connectivity index (χ1n) is 5.55. The summed E-state index contributed by atoms with van der Waals surface area (Å²) in [5.41, 5.74) is -0.0965. The number of hydrogen-bond donors (Lipinski definition) is 2. The first kappa shape index (κ1) is 14.6. The molecule has 0 atom stereocenters. The molecule has 0 spiro atoms. The van der Waals surface area contributed by atoms with E-state index in [9.17, 15) is 14.0 Å². The Morgan fingerprint density at radius 1 is 1.33 bits per heavy atom. The summed E-state index contributed by atoms with van der Waals surface area (Å²) in [6, 6.07) is 4.25. The number of carbonyl (C=O) groups excluding carboxylic acids is 2. The van der Waals surface area contributed by atoms with Gasteiger partial charge in [0.15, 0.2) is 0 Å². The van der Waals surface area contributed by atoms with Gasteiger partial charge in [0.25, 0.3) is 5.91 Å². The molecule has 0 saturated heterocycles. The SMILES string of the molecule is CCCNC(=O)CNC(=O)c1c(F)cccc1Br. The van der Waals surface area contributed by atoms with E-state index < -0.39 is 11.7 Å². The molecule has 1 rings (SSSR count). The molecule has 0 aromatic heterocycles. The Morgan fingerprint density at radius 3 is 2.67 bits per heavy atom. The highest BCUT2D eigenvalue weighted by Gasteiger charge is 2.15. The van der Waals surface area contributed by atoms with Crippen molar-refractivity contribution >= 4 is 27.7 Å². The van der Waals surface area contributed by atoms with Crippen LogP contribution in [0.3, 0.4) is 0 Å². The van der Waals surface area contributed by atoms with Gasteiger partial charge in [-0.2, -0.15) is 0 Å². The second kappa shape index (κ2) is 7.10. The molecule has 0 aliphatic carbocycles. The van der Waals surface area contributed by atoms with Gasteiger partial charge in [-0.05, 0) is 34.5 Å². The summed E-state index contributed by atoms with van der Waals surface area (Å²) >= 11 is 3.10. The van der Waals surface area contributed by atoms with E-state index >= 15 is 0 Å². The Labute approximate surface area is 113 Å². The lowest BCUT2D eigenvalue weighted by Crippen LogP contribution is -2.37. The Balaban J connectivity index is 2.58. The van der Waals surface area contributed by atoms with Crippen LogP contribution in [0.15, 0.2) is 22.7 Å². The van der Waals surface area contributed by atoms with Crippen LogP contribution in [0.25, 0.3) is 0 Å². The Kier molecular flexibility index (Phi) is 5.77. The maximum absolute atomic E-state index is 13.4. The topological polar surface area (TPSA) is 58.2 Å². The maximum atomic E-state index is 13.4. The molecular formula is C12H14BrFN2O2. The lowest BCUT2D eigenvalue weighted by Gasteiger charge is -2.08. The minimum absolute atomic E-state index is 0.0965. The van der Waals surface area contributed by atoms with Gasteiger partial charge in [-0.3, -0.25) is 9.59 Å². The second-order valence-electron chi connectivity index (χ2n) is 3.63. The number of rotatable bonds is 5. The van der Waals surface area contributed by atoms with E-state index in [1.54, 1.807) is 6.07 Å². The molecule has 6 heteroatoms. The van der Waals surface area contributed by atoms with Crippen molar-refractivity contribution < 1.29 is 14.0 Å². The minimum Gasteiger partial charge on any atom is -0.355 e. The molecule has 0 aliphatic heterocycles. The second-order valence-corrected chi connectivity index (χ2v) is 4.48. The van der Waals surface area contributed by atoms with Crippen molar-refractivity contribution in [1.82, 2.24) is 10.6 Å². The lowest BCUT2D eigenvalue weighted by molar-refractivity contribution is -0.120. The molecule has 98 valence electrons. The van der Waals surface area contributed by atoms with Crippen molar-refractivity contribution in [2.75, 3.05) is 13.1 Å². The van der Waals surface area contributed by atoms with Crippen LogP contribution in [0.4, 0.5) is 4.39 Å². The van der Waals surface area contributed by atoms with Gasteiger partial charge in [-0.1, -0.05) is 13.0 Å². The zero-order valence-electron chi connectivity index (χ0n) is 9.93. The molecule has 0 radical (unpaired) electrons. The van der Waals surface area contributed by atoms with E-state index in [-0.39, 0.29) is 18.0 Å². The lowest BCUT2D eigenvalue weighted by atomic mass is 10.2. The highest BCUT2D eigenvalue weighted by Crippen LogP contribution is 2.19. The first-order chi connectivity index (χ1) is 8.56. The molecule has 0 unspecified atom stereocenters. The van der Waals surface area contributed by atoms with Crippen LogP contribution in [0.5, 0.6) is 0 Å². The van der Waals surface area contributed by atoms with Crippen molar-refractivity contribution in [2.45, 2.75) is 13.3 Å². The number of carbonyl (C=O) groups is 2. The van der Waals surface area contributed by atoms with Crippen molar-refractivity contribution in [3.63, 3.8) is 0 Å².